The molecule has 1 saturated heterocycles. The standard InChI is InChI=1S/C24H28FN5S/c25-24(7-5-19-6-13-31-16-19)8-11-29(12-9-24)10-1-2-20-15-26-23-4-3-21(14-22(20)23)30-17-27-28-18-30/h3-4,6,13-18,26H,1-2,5,7-12H2. The zero-order valence-corrected chi connectivity index (χ0v) is 18.5. The van der Waals surface area contributed by atoms with Crippen LogP contribution < -0.4 is 0 Å². The van der Waals surface area contributed by atoms with Gasteiger partial charge in [-0.05, 0) is 91.2 Å². The van der Waals surface area contributed by atoms with E-state index < -0.39 is 5.67 Å². The first-order chi connectivity index (χ1) is 15.2. The second kappa shape index (κ2) is 8.93. The van der Waals surface area contributed by atoms with Crippen LogP contribution in [0.5, 0.6) is 0 Å². The Morgan fingerprint density at radius 3 is 2.71 bits per heavy atom. The summed E-state index contributed by atoms with van der Waals surface area (Å²) in [4.78, 5) is 5.81. The molecule has 0 radical (unpaired) electrons. The summed E-state index contributed by atoms with van der Waals surface area (Å²) in [5, 5.41) is 13.3. The van der Waals surface area contributed by atoms with Crippen LogP contribution in [0.15, 0.2) is 53.9 Å². The molecule has 3 aromatic heterocycles. The first-order valence-corrected chi connectivity index (χ1v) is 12.0. The minimum Gasteiger partial charge on any atom is -0.361 e. The highest BCUT2D eigenvalue weighted by Gasteiger charge is 2.33. The normalized spacial score (nSPS) is 16.8. The SMILES string of the molecule is FC1(CCc2ccsc2)CCN(CCCc2c[nH]c3ccc(-n4cnnc4)cc23)CC1. The summed E-state index contributed by atoms with van der Waals surface area (Å²) in [5.74, 6) is 0. The van der Waals surface area contributed by atoms with E-state index in [1.54, 1.807) is 24.0 Å². The summed E-state index contributed by atoms with van der Waals surface area (Å²) in [7, 11) is 0. The van der Waals surface area contributed by atoms with Crippen molar-refractivity contribution in [3.8, 4) is 5.69 Å². The number of hydrogen-bond donors (Lipinski definition) is 1. The molecule has 1 fully saturated rings. The van der Waals surface area contributed by atoms with Gasteiger partial charge in [0.2, 0.25) is 0 Å². The molecule has 0 aliphatic carbocycles. The Balaban J connectivity index is 1.12. The van der Waals surface area contributed by atoms with E-state index in [-0.39, 0.29) is 0 Å². The Kier molecular flexibility index (Phi) is 5.87. The minimum atomic E-state index is -0.992. The van der Waals surface area contributed by atoms with Gasteiger partial charge in [-0.1, -0.05) is 0 Å². The van der Waals surface area contributed by atoms with Crippen molar-refractivity contribution in [3.63, 3.8) is 0 Å². The molecule has 1 N–H and O–H groups in total. The lowest BCUT2D eigenvalue weighted by atomic mass is 9.87. The molecule has 0 unspecified atom stereocenters. The van der Waals surface area contributed by atoms with Crippen LogP contribution in [0.2, 0.25) is 0 Å². The van der Waals surface area contributed by atoms with Crippen LogP contribution in [0.3, 0.4) is 0 Å². The molecular formula is C24H28FN5S. The third-order valence-electron chi connectivity index (χ3n) is 6.58. The Hall–Kier alpha value is -2.51. The molecule has 0 spiro atoms. The lowest BCUT2D eigenvalue weighted by Gasteiger charge is -2.36. The fourth-order valence-electron chi connectivity index (χ4n) is 4.59. The fourth-order valence-corrected chi connectivity index (χ4v) is 5.29. The highest BCUT2D eigenvalue weighted by Crippen LogP contribution is 2.32. The maximum absolute atomic E-state index is 15.2. The van der Waals surface area contributed by atoms with E-state index in [1.807, 2.05) is 4.57 Å². The van der Waals surface area contributed by atoms with Gasteiger partial charge >= 0.3 is 0 Å². The number of fused-ring (bicyclic) bond motifs is 1. The van der Waals surface area contributed by atoms with Gasteiger partial charge in [-0.15, -0.1) is 10.2 Å². The number of aromatic amines is 1. The molecule has 1 aliphatic heterocycles. The van der Waals surface area contributed by atoms with Gasteiger partial charge < -0.3 is 9.88 Å². The molecule has 0 saturated carbocycles. The number of likely N-dealkylation sites (tertiary alicyclic amines) is 1. The molecule has 31 heavy (non-hydrogen) atoms. The average molecular weight is 438 g/mol. The Morgan fingerprint density at radius 2 is 1.94 bits per heavy atom. The van der Waals surface area contributed by atoms with Gasteiger partial charge in [-0.2, -0.15) is 11.3 Å². The van der Waals surface area contributed by atoms with E-state index in [0.717, 1.165) is 50.1 Å². The molecule has 4 aromatic rings. The van der Waals surface area contributed by atoms with Crippen molar-refractivity contribution in [3.05, 3.63) is 65.0 Å². The van der Waals surface area contributed by atoms with Crippen LogP contribution >= 0.6 is 11.3 Å². The largest absolute Gasteiger partial charge is 0.361 e. The van der Waals surface area contributed by atoms with Crippen molar-refractivity contribution in [2.75, 3.05) is 19.6 Å². The van der Waals surface area contributed by atoms with Crippen LogP contribution in [0, 0.1) is 0 Å². The Labute approximate surface area is 185 Å². The van der Waals surface area contributed by atoms with Crippen LogP contribution in [0.4, 0.5) is 4.39 Å². The second-order valence-corrected chi connectivity index (χ2v) is 9.42. The zero-order valence-electron chi connectivity index (χ0n) is 17.6. The highest BCUT2D eigenvalue weighted by atomic mass is 32.1. The number of piperidine rings is 1. The molecule has 162 valence electrons. The number of thiophene rings is 1. The smallest absolute Gasteiger partial charge is 0.123 e. The van der Waals surface area contributed by atoms with Crippen LogP contribution in [0.1, 0.15) is 36.8 Å². The number of aromatic nitrogens is 4. The molecule has 0 amide bonds. The Morgan fingerprint density at radius 1 is 1.10 bits per heavy atom. The molecule has 1 aliphatic rings. The summed E-state index contributed by atoms with van der Waals surface area (Å²) in [5.41, 5.74) is 3.83. The maximum Gasteiger partial charge on any atom is 0.123 e. The Bertz CT molecular complexity index is 1090. The third kappa shape index (κ3) is 4.72. The number of nitrogens with zero attached hydrogens (tertiary/aromatic N) is 4. The van der Waals surface area contributed by atoms with Crippen molar-refractivity contribution >= 4 is 22.2 Å². The van der Waals surface area contributed by atoms with E-state index in [4.69, 9.17) is 0 Å². The van der Waals surface area contributed by atoms with Crippen molar-refractivity contribution in [1.29, 1.82) is 0 Å². The highest BCUT2D eigenvalue weighted by molar-refractivity contribution is 7.07. The molecule has 4 heterocycles. The lowest BCUT2D eigenvalue weighted by molar-refractivity contribution is 0.0508. The fraction of sp³-hybridized carbons (Fsp3) is 0.417. The molecular weight excluding hydrogens is 409 g/mol. The van der Waals surface area contributed by atoms with E-state index in [2.05, 4.69) is 61.3 Å². The summed E-state index contributed by atoms with van der Waals surface area (Å²) in [6.07, 6.45) is 10.5. The van der Waals surface area contributed by atoms with E-state index in [0.29, 0.717) is 19.3 Å². The van der Waals surface area contributed by atoms with Gasteiger partial charge in [0.1, 0.15) is 18.3 Å². The predicted molar refractivity (Wildman–Crippen MR) is 124 cm³/mol. The number of halogens is 1. The van der Waals surface area contributed by atoms with Crippen molar-refractivity contribution in [1.82, 2.24) is 24.6 Å². The van der Waals surface area contributed by atoms with Crippen molar-refractivity contribution in [2.24, 2.45) is 0 Å². The molecule has 5 rings (SSSR count). The molecule has 5 nitrogen and oxygen atoms in total. The van der Waals surface area contributed by atoms with Gasteiger partial charge in [0.25, 0.3) is 0 Å². The minimum absolute atomic E-state index is 0.654. The molecule has 0 bridgehead atoms. The van der Waals surface area contributed by atoms with Gasteiger partial charge in [-0.3, -0.25) is 4.57 Å². The average Bonchev–Trinajstić information content (AvgIpc) is 3.56. The summed E-state index contributed by atoms with van der Waals surface area (Å²) in [6, 6.07) is 8.48. The van der Waals surface area contributed by atoms with E-state index in [9.17, 15) is 0 Å². The van der Waals surface area contributed by atoms with Gasteiger partial charge in [-0.25, -0.2) is 4.39 Å². The number of alkyl halides is 1. The topological polar surface area (TPSA) is 49.7 Å². The number of hydrogen-bond acceptors (Lipinski definition) is 4. The maximum atomic E-state index is 15.2. The first kappa shape index (κ1) is 20.4. The summed E-state index contributed by atoms with van der Waals surface area (Å²) < 4.78 is 17.1. The summed E-state index contributed by atoms with van der Waals surface area (Å²) >= 11 is 1.69. The number of rotatable bonds is 8. The molecule has 7 heteroatoms. The summed E-state index contributed by atoms with van der Waals surface area (Å²) in [6.45, 7) is 2.76. The quantitative estimate of drug-likeness (QED) is 0.413. The molecule has 1 aromatic carbocycles. The van der Waals surface area contributed by atoms with E-state index >= 15 is 4.39 Å². The van der Waals surface area contributed by atoms with Gasteiger partial charge in [0.15, 0.2) is 0 Å². The van der Waals surface area contributed by atoms with E-state index in [1.165, 1.54) is 16.5 Å². The van der Waals surface area contributed by atoms with Crippen molar-refractivity contribution in [2.45, 2.75) is 44.2 Å². The number of aryl methyl sites for hydroxylation is 2. The predicted octanol–water partition coefficient (Wildman–Crippen LogP) is 5.18. The monoisotopic (exact) mass is 437 g/mol. The van der Waals surface area contributed by atoms with Crippen LogP contribution in [-0.4, -0.2) is 50.0 Å². The van der Waals surface area contributed by atoms with Gasteiger partial charge in [0, 0.05) is 35.9 Å². The van der Waals surface area contributed by atoms with Gasteiger partial charge in [0.05, 0.1) is 0 Å². The third-order valence-corrected chi connectivity index (χ3v) is 7.31. The van der Waals surface area contributed by atoms with Crippen molar-refractivity contribution < 1.29 is 4.39 Å². The lowest BCUT2D eigenvalue weighted by Crippen LogP contribution is -2.42. The number of nitrogens with one attached hydrogen (secondary N) is 1. The van der Waals surface area contributed by atoms with Crippen LogP contribution in [-0.2, 0) is 12.8 Å². The molecule has 0 atom stereocenters. The zero-order chi connectivity index (χ0) is 21.1. The number of H-pyrrole nitrogens is 1. The second-order valence-electron chi connectivity index (χ2n) is 8.64. The first-order valence-electron chi connectivity index (χ1n) is 11.1. The number of benzene rings is 1. The van der Waals surface area contributed by atoms with Crippen LogP contribution in [0.25, 0.3) is 16.6 Å².